The van der Waals surface area contributed by atoms with Crippen molar-refractivity contribution >= 4 is 6.08 Å². The van der Waals surface area contributed by atoms with Crippen molar-refractivity contribution in [2.45, 2.75) is 32.7 Å². The van der Waals surface area contributed by atoms with Gasteiger partial charge >= 0.3 is 0 Å². The largest absolute Gasteiger partial charge is 0.381 e. The molecule has 0 spiro atoms. The topological polar surface area (TPSA) is 12.0 Å². The standard InChI is InChI=1S/C23H25N/c1-4-7-20-13-14-21(16-22(20)23-8-5-6-15-24-23)19-11-9-18(10-12-19)17(2)3/h4-17,23-24H,1-3H3/b7-4-. The van der Waals surface area contributed by atoms with Gasteiger partial charge in [0.1, 0.15) is 0 Å². The van der Waals surface area contributed by atoms with E-state index in [9.17, 15) is 0 Å². The van der Waals surface area contributed by atoms with Crippen LogP contribution in [-0.4, -0.2) is 0 Å². The monoisotopic (exact) mass is 315 g/mol. The fraction of sp³-hybridized carbons (Fsp3) is 0.217. The van der Waals surface area contributed by atoms with Gasteiger partial charge in [0, 0.05) is 0 Å². The summed E-state index contributed by atoms with van der Waals surface area (Å²) < 4.78 is 0. The molecule has 0 bridgehead atoms. The van der Waals surface area contributed by atoms with Crippen molar-refractivity contribution in [2.24, 2.45) is 0 Å². The van der Waals surface area contributed by atoms with Crippen LogP contribution < -0.4 is 5.32 Å². The quantitative estimate of drug-likeness (QED) is 0.705. The molecule has 0 saturated carbocycles. The Balaban J connectivity index is 2.00. The van der Waals surface area contributed by atoms with E-state index in [-0.39, 0.29) is 6.04 Å². The fourth-order valence-corrected chi connectivity index (χ4v) is 3.05. The molecule has 1 aliphatic heterocycles. The van der Waals surface area contributed by atoms with E-state index in [1.807, 2.05) is 12.3 Å². The molecule has 0 amide bonds. The lowest BCUT2D eigenvalue weighted by atomic mass is 9.92. The van der Waals surface area contributed by atoms with Gasteiger partial charge in [-0.05, 0) is 59.0 Å². The summed E-state index contributed by atoms with van der Waals surface area (Å²) in [7, 11) is 0. The average molecular weight is 315 g/mol. The Morgan fingerprint density at radius 1 is 0.958 bits per heavy atom. The van der Waals surface area contributed by atoms with Crippen LogP contribution in [0.15, 0.2) is 73.0 Å². The molecule has 1 heteroatoms. The zero-order valence-corrected chi connectivity index (χ0v) is 14.7. The molecule has 0 radical (unpaired) electrons. The summed E-state index contributed by atoms with van der Waals surface area (Å²) in [6, 6.07) is 15.9. The minimum Gasteiger partial charge on any atom is -0.381 e. The first-order valence-electron chi connectivity index (χ1n) is 8.65. The SMILES string of the molecule is C/C=C\c1ccc(-c2ccc(C(C)C)cc2)cc1C1C=CC=CN1. The minimum atomic E-state index is 0.219. The van der Waals surface area contributed by atoms with Crippen molar-refractivity contribution < 1.29 is 0 Å². The molecule has 2 aromatic rings. The first-order chi connectivity index (χ1) is 11.7. The summed E-state index contributed by atoms with van der Waals surface area (Å²) in [5.74, 6) is 0.565. The fourth-order valence-electron chi connectivity index (χ4n) is 3.05. The number of dihydropyridines is 1. The second-order valence-electron chi connectivity index (χ2n) is 6.51. The molecular weight excluding hydrogens is 290 g/mol. The molecule has 122 valence electrons. The predicted octanol–water partition coefficient (Wildman–Crippen LogP) is 6.22. The summed E-state index contributed by atoms with van der Waals surface area (Å²) in [6.07, 6.45) is 12.6. The van der Waals surface area contributed by atoms with Gasteiger partial charge in [-0.25, -0.2) is 0 Å². The van der Waals surface area contributed by atoms with E-state index in [4.69, 9.17) is 0 Å². The first-order valence-corrected chi connectivity index (χ1v) is 8.65. The highest BCUT2D eigenvalue weighted by Crippen LogP contribution is 2.29. The lowest BCUT2D eigenvalue weighted by Gasteiger charge is -2.20. The highest BCUT2D eigenvalue weighted by atomic mass is 14.9. The number of nitrogens with one attached hydrogen (secondary N) is 1. The number of hydrogen-bond acceptors (Lipinski definition) is 1. The Bertz CT molecular complexity index is 776. The number of benzene rings is 2. The molecule has 1 atom stereocenters. The van der Waals surface area contributed by atoms with Crippen LogP contribution in [0.2, 0.25) is 0 Å². The van der Waals surface area contributed by atoms with Gasteiger partial charge in [0.25, 0.3) is 0 Å². The van der Waals surface area contributed by atoms with Crippen LogP contribution >= 0.6 is 0 Å². The van der Waals surface area contributed by atoms with Crippen LogP contribution in [0.25, 0.3) is 17.2 Å². The normalized spacial score (nSPS) is 16.8. The summed E-state index contributed by atoms with van der Waals surface area (Å²) in [4.78, 5) is 0. The van der Waals surface area contributed by atoms with Gasteiger partial charge in [-0.3, -0.25) is 0 Å². The van der Waals surface area contributed by atoms with E-state index >= 15 is 0 Å². The summed E-state index contributed by atoms with van der Waals surface area (Å²) in [5.41, 5.74) is 6.48. The Morgan fingerprint density at radius 3 is 2.33 bits per heavy atom. The number of rotatable bonds is 4. The predicted molar refractivity (Wildman–Crippen MR) is 105 cm³/mol. The van der Waals surface area contributed by atoms with Gasteiger partial charge < -0.3 is 5.32 Å². The highest BCUT2D eigenvalue weighted by Gasteiger charge is 2.13. The van der Waals surface area contributed by atoms with Gasteiger partial charge in [-0.1, -0.05) is 74.5 Å². The summed E-state index contributed by atoms with van der Waals surface area (Å²) in [5, 5.41) is 3.44. The van der Waals surface area contributed by atoms with E-state index < -0.39 is 0 Å². The van der Waals surface area contributed by atoms with E-state index in [0.717, 1.165) is 0 Å². The summed E-state index contributed by atoms with van der Waals surface area (Å²) >= 11 is 0. The van der Waals surface area contributed by atoms with Crippen LogP contribution in [0.4, 0.5) is 0 Å². The van der Waals surface area contributed by atoms with Crippen LogP contribution in [0.1, 0.15) is 49.4 Å². The second-order valence-corrected chi connectivity index (χ2v) is 6.51. The van der Waals surface area contributed by atoms with Crippen molar-refractivity contribution in [3.8, 4) is 11.1 Å². The molecule has 0 aliphatic carbocycles. The number of hydrogen-bond donors (Lipinski definition) is 1. The lowest BCUT2D eigenvalue weighted by Crippen LogP contribution is -2.16. The van der Waals surface area contributed by atoms with E-state index in [1.54, 1.807) is 0 Å². The Hall–Kier alpha value is -2.54. The smallest absolute Gasteiger partial charge is 0.0701 e. The van der Waals surface area contributed by atoms with Crippen molar-refractivity contribution in [1.82, 2.24) is 5.32 Å². The molecule has 1 heterocycles. The third-order valence-corrected chi connectivity index (χ3v) is 4.47. The van der Waals surface area contributed by atoms with Crippen LogP contribution in [0.5, 0.6) is 0 Å². The van der Waals surface area contributed by atoms with Crippen LogP contribution in [-0.2, 0) is 0 Å². The molecule has 1 aliphatic rings. The van der Waals surface area contributed by atoms with Gasteiger partial charge in [0.05, 0.1) is 6.04 Å². The maximum atomic E-state index is 3.44. The van der Waals surface area contributed by atoms with E-state index in [0.29, 0.717) is 5.92 Å². The Kier molecular flexibility index (Phi) is 5.00. The number of allylic oxidation sites excluding steroid dienone is 3. The lowest BCUT2D eigenvalue weighted by molar-refractivity contribution is 0.745. The van der Waals surface area contributed by atoms with Crippen LogP contribution in [0.3, 0.4) is 0 Å². The molecule has 0 fully saturated rings. The molecule has 0 aromatic heterocycles. The molecule has 3 rings (SSSR count). The van der Waals surface area contributed by atoms with E-state index in [1.165, 1.54) is 27.8 Å². The second kappa shape index (κ2) is 7.35. The van der Waals surface area contributed by atoms with Gasteiger partial charge in [-0.2, -0.15) is 0 Å². The molecule has 24 heavy (non-hydrogen) atoms. The average Bonchev–Trinajstić information content (AvgIpc) is 2.63. The maximum Gasteiger partial charge on any atom is 0.0701 e. The van der Waals surface area contributed by atoms with Crippen molar-refractivity contribution in [3.63, 3.8) is 0 Å². The van der Waals surface area contributed by atoms with E-state index in [2.05, 4.69) is 92.9 Å². The van der Waals surface area contributed by atoms with Gasteiger partial charge in [0.15, 0.2) is 0 Å². The molecule has 1 N–H and O–H groups in total. The first kappa shape index (κ1) is 16.3. The molecule has 1 nitrogen and oxygen atoms in total. The van der Waals surface area contributed by atoms with Gasteiger partial charge in [0.2, 0.25) is 0 Å². The Labute approximate surface area is 145 Å². The van der Waals surface area contributed by atoms with Crippen molar-refractivity contribution in [1.29, 1.82) is 0 Å². The highest BCUT2D eigenvalue weighted by molar-refractivity contribution is 5.69. The zero-order chi connectivity index (χ0) is 16.9. The van der Waals surface area contributed by atoms with Crippen molar-refractivity contribution in [3.05, 3.63) is 89.7 Å². The third-order valence-electron chi connectivity index (χ3n) is 4.47. The third kappa shape index (κ3) is 3.51. The molecule has 1 unspecified atom stereocenters. The van der Waals surface area contributed by atoms with Crippen molar-refractivity contribution in [2.75, 3.05) is 0 Å². The maximum absolute atomic E-state index is 3.44. The van der Waals surface area contributed by atoms with Gasteiger partial charge in [-0.15, -0.1) is 0 Å². The minimum absolute atomic E-state index is 0.219. The zero-order valence-electron chi connectivity index (χ0n) is 14.7. The summed E-state index contributed by atoms with van der Waals surface area (Å²) in [6.45, 7) is 6.52. The molecule has 0 saturated heterocycles. The molecule has 2 aromatic carbocycles. The Morgan fingerprint density at radius 2 is 1.71 bits per heavy atom. The molecular formula is C23H25N. The van der Waals surface area contributed by atoms with Crippen LogP contribution in [0, 0.1) is 0 Å².